The van der Waals surface area contributed by atoms with Crippen molar-refractivity contribution >= 4 is 46.1 Å². The van der Waals surface area contributed by atoms with Crippen molar-refractivity contribution in [3.05, 3.63) is 10.5 Å². The Balaban J connectivity index is 2.15. The van der Waals surface area contributed by atoms with Crippen molar-refractivity contribution in [3.8, 4) is 0 Å². The van der Waals surface area contributed by atoms with Crippen molar-refractivity contribution < 1.29 is 9.59 Å². The van der Waals surface area contributed by atoms with Crippen molar-refractivity contribution in [2.24, 2.45) is 0 Å². The van der Waals surface area contributed by atoms with Crippen LogP contribution >= 0.6 is 35.0 Å². The van der Waals surface area contributed by atoms with Gasteiger partial charge in [-0.1, -0.05) is 5.57 Å². The molecule has 0 unspecified atom stereocenters. The van der Waals surface area contributed by atoms with Crippen LogP contribution in [0.5, 0.6) is 0 Å². The Morgan fingerprint density at radius 2 is 1.80 bits per heavy atom. The van der Waals surface area contributed by atoms with Crippen LogP contribution in [-0.2, 0) is 4.79 Å². The molecule has 1 aliphatic heterocycles. The number of imide groups is 1. The second-order valence-corrected chi connectivity index (χ2v) is 6.26. The third-order valence-corrected chi connectivity index (χ3v) is 4.24. The number of halogens is 2. The third kappa shape index (κ3) is 2.49. The maximum Gasteiger partial charge on any atom is 0.290 e. The van der Waals surface area contributed by atoms with Crippen LogP contribution in [0.3, 0.4) is 0 Å². The van der Waals surface area contributed by atoms with Crippen LogP contribution in [0.25, 0.3) is 0 Å². The lowest BCUT2D eigenvalue weighted by atomic mass is 9.93. The highest BCUT2D eigenvalue weighted by atomic mass is 35.5. The van der Waals surface area contributed by atoms with E-state index in [1.165, 1.54) is 0 Å². The van der Waals surface area contributed by atoms with E-state index >= 15 is 0 Å². The standard InChI is InChI=1S/C9H9Cl2NO2S/c10-9(11)3-1-5(2-4-9)6-7(13)12-8(14)15-6/h1-4H2,(H,12,13,14). The van der Waals surface area contributed by atoms with Crippen LogP contribution in [0.1, 0.15) is 25.7 Å². The normalized spacial score (nSPS) is 25.7. The average molecular weight is 266 g/mol. The topological polar surface area (TPSA) is 46.2 Å². The van der Waals surface area contributed by atoms with E-state index in [1.54, 1.807) is 0 Å². The minimum Gasteiger partial charge on any atom is -0.282 e. The van der Waals surface area contributed by atoms with Gasteiger partial charge in [0.25, 0.3) is 11.1 Å². The SMILES string of the molecule is O=C1NC(=O)C(=C2CCC(Cl)(Cl)CC2)S1. The minimum atomic E-state index is -0.673. The lowest BCUT2D eigenvalue weighted by Gasteiger charge is -2.26. The smallest absolute Gasteiger partial charge is 0.282 e. The molecule has 0 aromatic rings. The molecule has 2 rings (SSSR count). The summed E-state index contributed by atoms with van der Waals surface area (Å²) in [4.78, 5) is 22.9. The number of rotatable bonds is 0. The third-order valence-electron chi connectivity index (χ3n) is 2.52. The minimum absolute atomic E-state index is 0.281. The van der Waals surface area contributed by atoms with Crippen LogP contribution < -0.4 is 5.32 Å². The number of nitrogens with one attached hydrogen (secondary N) is 1. The van der Waals surface area contributed by atoms with E-state index in [2.05, 4.69) is 5.32 Å². The van der Waals surface area contributed by atoms with Crippen LogP contribution in [0.15, 0.2) is 10.5 Å². The first-order valence-corrected chi connectivity index (χ1v) is 6.18. The Hall–Kier alpha value is -0.190. The highest BCUT2D eigenvalue weighted by molar-refractivity contribution is 8.18. The predicted molar refractivity (Wildman–Crippen MR) is 61.1 cm³/mol. The maximum atomic E-state index is 11.4. The van der Waals surface area contributed by atoms with E-state index in [4.69, 9.17) is 23.2 Å². The van der Waals surface area contributed by atoms with E-state index < -0.39 is 4.33 Å². The van der Waals surface area contributed by atoms with Gasteiger partial charge in [0, 0.05) is 0 Å². The van der Waals surface area contributed by atoms with Crippen molar-refractivity contribution in [2.45, 2.75) is 30.0 Å². The number of hydrogen-bond acceptors (Lipinski definition) is 3. The molecule has 1 aliphatic carbocycles. The molecule has 0 radical (unpaired) electrons. The fourth-order valence-corrected chi connectivity index (χ4v) is 2.89. The number of allylic oxidation sites excluding steroid dienone is 1. The summed E-state index contributed by atoms with van der Waals surface area (Å²) >= 11 is 12.9. The molecular weight excluding hydrogens is 257 g/mol. The summed E-state index contributed by atoms with van der Waals surface area (Å²) in [6, 6.07) is 0. The first-order valence-electron chi connectivity index (χ1n) is 4.61. The van der Waals surface area contributed by atoms with Crippen LogP contribution in [0.4, 0.5) is 4.79 Å². The van der Waals surface area contributed by atoms with E-state index in [0.29, 0.717) is 30.6 Å². The number of carbonyl (C=O) groups is 2. The first kappa shape index (κ1) is 11.3. The van der Waals surface area contributed by atoms with Gasteiger partial charge >= 0.3 is 0 Å². The van der Waals surface area contributed by atoms with Gasteiger partial charge in [-0.2, -0.15) is 0 Å². The van der Waals surface area contributed by atoms with Gasteiger partial charge in [-0.3, -0.25) is 14.9 Å². The van der Waals surface area contributed by atoms with Gasteiger partial charge in [0.15, 0.2) is 0 Å². The van der Waals surface area contributed by atoms with Gasteiger partial charge < -0.3 is 0 Å². The highest BCUT2D eigenvalue weighted by Gasteiger charge is 2.34. The van der Waals surface area contributed by atoms with Gasteiger partial charge in [0.2, 0.25) is 0 Å². The van der Waals surface area contributed by atoms with Gasteiger partial charge in [-0.25, -0.2) is 0 Å². The number of alkyl halides is 2. The predicted octanol–water partition coefficient (Wildman–Crippen LogP) is 2.97. The summed E-state index contributed by atoms with van der Waals surface area (Å²) in [5.41, 5.74) is 1.00. The zero-order valence-corrected chi connectivity index (χ0v) is 10.1. The van der Waals surface area contributed by atoms with Crippen molar-refractivity contribution in [2.75, 3.05) is 0 Å². The molecule has 0 aromatic carbocycles. The monoisotopic (exact) mass is 265 g/mol. The zero-order chi connectivity index (χ0) is 11.1. The molecule has 3 nitrogen and oxygen atoms in total. The van der Waals surface area contributed by atoms with Gasteiger partial charge in [0.1, 0.15) is 4.33 Å². The Morgan fingerprint density at radius 1 is 1.20 bits per heavy atom. The molecule has 0 atom stereocenters. The average Bonchev–Trinajstić information content (AvgIpc) is 2.45. The number of thioether (sulfide) groups is 1. The number of hydrogen-bond donors (Lipinski definition) is 1. The molecule has 15 heavy (non-hydrogen) atoms. The Kier molecular flexibility index (Phi) is 3.01. The summed E-state index contributed by atoms with van der Waals surface area (Å²) in [7, 11) is 0. The second kappa shape index (κ2) is 4.00. The van der Waals surface area contributed by atoms with E-state index in [9.17, 15) is 9.59 Å². The molecule has 2 fully saturated rings. The molecule has 0 bridgehead atoms. The molecule has 1 saturated heterocycles. The molecule has 82 valence electrons. The summed E-state index contributed by atoms with van der Waals surface area (Å²) in [6.45, 7) is 0. The maximum absolute atomic E-state index is 11.4. The molecule has 1 saturated carbocycles. The molecule has 6 heteroatoms. The summed E-state index contributed by atoms with van der Waals surface area (Å²) in [5.74, 6) is -0.281. The highest BCUT2D eigenvalue weighted by Crippen LogP contribution is 2.43. The summed E-state index contributed by atoms with van der Waals surface area (Å²) < 4.78 is -0.673. The summed E-state index contributed by atoms with van der Waals surface area (Å²) in [6.07, 6.45) is 2.65. The lowest BCUT2D eigenvalue weighted by molar-refractivity contribution is -0.115. The molecule has 1 heterocycles. The molecule has 2 aliphatic rings. The van der Waals surface area contributed by atoms with Gasteiger partial charge in [-0.15, -0.1) is 23.2 Å². The van der Waals surface area contributed by atoms with E-state index in [1.807, 2.05) is 0 Å². The van der Waals surface area contributed by atoms with Gasteiger partial charge in [-0.05, 0) is 37.4 Å². The first-order chi connectivity index (χ1) is 6.98. The van der Waals surface area contributed by atoms with Gasteiger partial charge in [0.05, 0.1) is 4.91 Å². The quantitative estimate of drug-likeness (QED) is 0.541. The largest absolute Gasteiger partial charge is 0.290 e. The second-order valence-electron chi connectivity index (χ2n) is 3.63. The molecule has 1 N–H and O–H groups in total. The number of carbonyl (C=O) groups excluding carboxylic acids is 2. The van der Waals surface area contributed by atoms with Crippen LogP contribution in [0, 0.1) is 0 Å². The van der Waals surface area contributed by atoms with Crippen molar-refractivity contribution in [1.29, 1.82) is 0 Å². The van der Waals surface area contributed by atoms with Crippen molar-refractivity contribution in [3.63, 3.8) is 0 Å². The van der Waals surface area contributed by atoms with Crippen LogP contribution in [-0.4, -0.2) is 15.5 Å². The Morgan fingerprint density at radius 3 is 2.27 bits per heavy atom. The Labute approximate surface area is 102 Å². The van der Waals surface area contributed by atoms with Crippen LogP contribution in [0.2, 0.25) is 0 Å². The number of amides is 2. The van der Waals surface area contributed by atoms with Crippen molar-refractivity contribution in [1.82, 2.24) is 5.32 Å². The fourth-order valence-electron chi connectivity index (χ4n) is 1.69. The lowest BCUT2D eigenvalue weighted by Crippen LogP contribution is -2.21. The Bertz CT molecular complexity index is 353. The molecule has 0 aromatic heterocycles. The fraction of sp³-hybridized carbons (Fsp3) is 0.556. The zero-order valence-electron chi connectivity index (χ0n) is 7.81. The molecular formula is C9H9Cl2NO2S. The van der Waals surface area contributed by atoms with E-state index in [0.717, 1.165) is 17.3 Å². The van der Waals surface area contributed by atoms with E-state index in [-0.39, 0.29) is 11.1 Å². The molecule has 0 spiro atoms. The molecule has 2 amide bonds. The summed E-state index contributed by atoms with van der Waals surface area (Å²) in [5, 5.41) is 1.95.